The van der Waals surface area contributed by atoms with Crippen molar-refractivity contribution in [3.63, 3.8) is 0 Å². The lowest BCUT2D eigenvalue weighted by atomic mass is 10.1. The fraction of sp³-hybridized carbons (Fsp3) is 0.400. The molecule has 3 heterocycles. The number of nitrogens with one attached hydrogen (secondary N) is 3. The molecule has 0 bridgehead atoms. The van der Waals surface area contributed by atoms with Gasteiger partial charge in [0.25, 0.3) is 5.91 Å². The maximum Gasteiger partial charge on any atom is 0.252 e. The summed E-state index contributed by atoms with van der Waals surface area (Å²) in [5, 5.41) is 23.2. The van der Waals surface area contributed by atoms with Crippen LogP contribution in [0.15, 0.2) is 42.9 Å². The number of hydrogen-bond acceptors (Lipinski definition) is 7. The Kier molecular flexibility index (Phi) is 6.23. The Morgan fingerprint density at radius 2 is 1.94 bits per heavy atom. The molecule has 0 spiro atoms. The van der Waals surface area contributed by atoms with Crippen LogP contribution in [0, 0.1) is 24.2 Å². The van der Waals surface area contributed by atoms with E-state index in [1.165, 1.54) is 0 Å². The molecule has 1 saturated carbocycles. The van der Waals surface area contributed by atoms with Crippen LogP contribution in [0.25, 0.3) is 11.3 Å². The molecule has 1 aliphatic carbocycles. The van der Waals surface area contributed by atoms with Crippen LogP contribution in [0.1, 0.15) is 47.6 Å². The third kappa shape index (κ3) is 4.92. The Morgan fingerprint density at radius 3 is 2.65 bits per heavy atom. The highest BCUT2D eigenvalue weighted by molar-refractivity contribution is 5.95. The van der Waals surface area contributed by atoms with Gasteiger partial charge in [-0.05, 0) is 69.3 Å². The van der Waals surface area contributed by atoms with Crippen LogP contribution < -0.4 is 16.0 Å². The number of benzene rings is 1. The zero-order valence-electron chi connectivity index (χ0n) is 19.2. The van der Waals surface area contributed by atoms with Crippen molar-refractivity contribution in [3.8, 4) is 17.3 Å². The third-order valence-electron chi connectivity index (χ3n) is 6.45. The molecule has 1 amide bonds. The minimum Gasteiger partial charge on any atom is -0.336 e. The number of carbonyl (C=O) groups is 1. The normalized spacial score (nSPS) is 17.1. The summed E-state index contributed by atoms with van der Waals surface area (Å²) in [5.74, 6) is 0.556. The Labute approximate surface area is 198 Å². The standard InChI is InChI=1S/C25H28N8O/c1-16-13-28-25(30-20-14-29-33(15-20)21-8-10-27-11-9-21)32-23(16)18-4-6-19(7-5-18)24(34)31-22(12-26)17-2-3-17/h4-7,13-15,17,21-22,27H,2-3,8-11H2,1H3,(H,31,34)(H,28,30,32). The average Bonchev–Trinajstić information content (AvgIpc) is 3.62. The van der Waals surface area contributed by atoms with Gasteiger partial charge in [-0.2, -0.15) is 10.4 Å². The molecule has 1 saturated heterocycles. The molecule has 2 fully saturated rings. The van der Waals surface area contributed by atoms with Gasteiger partial charge >= 0.3 is 0 Å². The van der Waals surface area contributed by atoms with E-state index in [1.54, 1.807) is 24.5 Å². The lowest BCUT2D eigenvalue weighted by Gasteiger charge is -2.22. The zero-order chi connectivity index (χ0) is 23.5. The van der Waals surface area contributed by atoms with Crippen molar-refractivity contribution in [1.29, 1.82) is 5.26 Å². The van der Waals surface area contributed by atoms with Gasteiger partial charge in [0.15, 0.2) is 0 Å². The largest absolute Gasteiger partial charge is 0.336 e. The molecule has 3 aromatic rings. The fourth-order valence-electron chi connectivity index (χ4n) is 4.29. The third-order valence-corrected chi connectivity index (χ3v) is 6.45. The van der Waals surface area contributed by atoms with Crippen molar-refractivity contribution >= 4 is 17.5 Å². The van der Waals surface area contributed by atoms with Crippen LogP contribution in [0.4, 0.5) is 11.6 Å². The van der Waals surface area contributed by atoms with Crippen molar-refractivity contribution < 1.29 is 4.79 Å². The molecule has 1 aromatic carbocycles. The first-order valence-electron chi connectivity index (χ1n) is 11.8. The smallest absolute Gasteiger partial charge is 0.252 e. The summed E-state index contributed by atoms with van der Waals surface area (Å²) in [7, 11) is 0. The van der Waals surface area contributed by atoms with E-state index in [9.17, 15) is 10.1 Å². The Bertz CT molecular complexity index is 1200. The van der Waals surface area contributed by atoms with Gasteiger partial charge in [0.1, 0.15) is 6.04 Å². The highest BCUT2D eigenvalue weighted by Crippen LogP contribution is 2.32. The zero-order valence-corrected chi connectivity index (χ0v) is 19.2. The van der Waals surface area contributed by atoms with Crippen LogP contribution in [0.2, 0.25) is 0 Å². The molecule has 5 rings (SSSR count). The number of rotatable bonds is 7. The first-order chi connectivity index (χ1) is 16.6. The van der Waals surface area contributed by atoms with Crippen molar-refractivity contribution in [2.75, 3.05) is 18.4 Å². The Balaban J connectivity index is 1.28. The molecule has 3 N–H and O–H groups in total. The fourth-order valence-corrected chi connectivity index (χ4v) is 4.29. The maximum atomic E-state index is 12.5. The molecule has 9 nitrogen and oxygen atoms in total. The summed E-state index contributed by atoms with van der Waals surface area (Å²) in [4.78, 5) is 21.7. The molecule has 1 unspecified atom stereocenters. The van der Waals surface area contributed by atoms with Crippen LogP contribution in [0.3, 0.4) is 0 Å². The number of aryl methyl sites for hydroxylation is 1. The van der Waals surface area contributed by atoms with E-state index >= 15 is 0 Å². The molecule has 1 aliphatic heterocycles. The first kappa shape index (κ1) is 22.0. The number of nitriles is 1. The summed E-state index contributed by atoms with van der Waals surface area (Å²) in [6.45, 7) is 3.98. The lowest BCUT2D eigenvalue weighted by molar-refractivity contribution is 0.0942. The van der Waals surface area contributed by atoms with Gasteiger partial charge in [0.05, 0.1) is 29.7 Å². The summed E-state index contributed by atoms with van der Waals surface area (Å²) >= 11 is 0. The molecule has 174 valence electrons. The van der Waals surface area contributed by atoms with Gasteiger partial charge in [-0.1, -0.05) is 12.1 Å². The quantitative estimate of drug-likeness (QED) is 0.499. The lowest BCUT2D eigenvalue weighted by Crippen LogP contribution is -2.35. The van der Waals surface area contributed by atoms with E-state index in [2.05, 4.69) is 32.1 Å². The number of anilines is 2. The second kappa shape index (κ2) is 9.61. The second-order valence-corrected chi connectivity index (χ2v) is 9.04. The molecule has 9 heteroatoms. The number of carbonyl (C=O) groups excluding carboxylic acids is 1. The SMILES string of the molecule is Cc1cnc(Nc2cnn(C3CCNCC3)c2)nc1-c1ccc(C(=O)NC(C#N)C2CC2)cc1. The van der Waals surface area contributed by atoms with Gasteiger partial charge in [-0.15, -0.1) is 0 Å². The monoisotopic (exact) mass is 456 g/mol. The average molecular weight is 457 g/mol. The van der Waals surface area contributed by atoms with Gasteiger partial charge in [0.2, 0.25) is 5.95 Å². The number of aromatic nitrogens is 4. The topological polar surface area (TPSA) is 121 Å². The van der Waals surface area contributed by atoms with Crippen LogP contribution >= 0.6 is 0 Å². The van der Waals surface area contributed by atoms with E-state index in [-0.39, 0.29) is 11.8 Å². The molecular weight excluding hydrogens is 428 g/mol. The highest BCUT2D eigenvalue weighted by atomic mass is 16.1. The van der Waals surface area contributed by atoms with Crippen LogP contribution in [-0.4, -0.2) is 44.8 Å². The van der Waals surface area contributed by atoms with Crippen LogP contribution in [-0.2, 0) is 0 Å². The summed E-state index contributed by atoms with van der Waals surface area (Å²) in [6, 6.07) is 9.48. The van der Waals surface area contributed by atoms with Crippen molar-refractivity contribution in [2.24, 2.45) is 5.92 Å². The molecule has 0 radical (unpaired) electrons. The van der Waals surface area contributed by atoms with Crippen molar-refractivity contribution in [2.45, 2.75) is 44.7 Å². The number of piperidine rings is 1. The second-order valence-electron chi connectivity index (χ2n) is 9.04. The molecular formula is C25H28N8O. The highest BCUT2D eigenvalue weighted by Gasteiger charge is 2.32. The van der Waals surface area contributed by atoms with Gasteiger partial charge in [0, 0.05) is 23.5 Å². The van der Waals surface area contributed by atoms with E-state index in [1.807, 2.05) is 29.9 Å². The minimum absolute atomic E-state index is 0.225. The summed E-state index contributed by atoms with van der Waals surface area (Å²) in [6.07, 6.45) is 9.72. The van der Waals surface area contributed by atoms with Gasteiger partial charge in [-0.25, -0.2) is 9.97 Å². The Hall–Kier alpha value is -3.77. The van der Waals surface area contributed by atoms with Gasteiger partial charge in [-0.3, -0.25) is 9.48 Å². The number of nitrogens with zero attached hydrogens (tertiary/aromatic N) is 5. The molecule has 2 aliphatic rings. The molecule has 34 heavy (non-hydrogen) atoms. The predicted molar refractivity (Wildman–Crippen MR) is 128 cm³/mol. The molecule has 1 atom stereocenters. The van der Waals surface area contributed by atoms with E-state index in [4.69, 9.17) is 4.98 Å². The van der Waals surface area contributed by atoms with Crippen LogP contribution in [0.5, 0.6) is 0 Å². The predicted octanol–water partition coefficient (Wildman–Crippen LogP) is 3.35. The van der Waals surface area contributed by atoms with E-state index in [0.717, 1.165) is 61.3 Å². The number of amides is 1. The summed E-state index contributed by atoms with van der Waals surface area (Å²) < 4.78 is 2.02. The summed E-state index contributed by atoms with van der Waals surface area (Å²) in [5.41, 5.74) is 4.00. The van der Waals surface area contributed by atoms with Crippen molar-refractivity contribution in [3.05, 3.63) is 54.0 Å². The van der Waals surface area contributed by atoms with Crippen molar-refractivity contribution in [1.82, 2.24) is 30.4 Å². The van der Waals surface area contributed by atoms with E-state index < -0.39 is 6.04 Å². The first-order valence-corrected chi connectivity index (χ1v) is 11.8. The van der Waals surface area contributed by atoms with Gasteiger partial charge < -0.3 is 16.0 Å². The minimum atomic E-state index is -0.413. The molecule has 2 aromatic heterocycles. The van der Waals surface area contributed by atoms with E-state index in [0.29, 0.717) is 17.6 Å². The Morgan fingerprint density at radius 1 is 1.18 bits per heavy atom. The maximum absolute atomic E-state index is 12.5. The number of hydrogen-bond donors (Lipinski definition) is 3.